The molecule has 66 valence electrons. The summed E-state index contributed by atoms with van der Waals surface area (Å²) in [6.45, 7) is 2.30. The van der Waals surface area contributed by atoms with E-state index in [2.05, 4.69) is 48.9 Å². The van der Waals surface area contributed by atoms with Crippen LogP contribution >= 0.6 is 0 Å². The molecule has 0 amide bonds. The third kappa shape index (κ3) is 1.14. The van der Waals surface area contributed by atoms with Gasteiger partial charge in [-0.25, -0.2) is 0 Å². The van der Waals surface area contributed by atoms with Crippen molar-refractivity contribution < 1.29 is 0 Å². The first kappa shape index (κ1) is 8.83. The Morgan fingerprint density at radius 3 is 2.71 bits per heavy atom. The number of aryl methyl sites for hydroxylation is 2. The minimum absolute atomic E-state index is 0.257. The predicted molar refractivity (Wildman–Crippen MR) is 60.6 cm³/mol. The van der Waals surface area contributed by atoms with E-state index in [9.17, 15) is 0 Å². The molecule has 2 aliphatic carbocycles. The minimum atomic E-state index is 0.257. The van der Waals surface area contributed by atoms with Gasteiger partial charge in [-0.1, -0.05) is 0 Å². The van der Waals surface area contributed by atoms with Gasteiger partial charge >= 0.3 is 94.5 Å². The van der Waals surface area contributed by atoms with Gasteiger partial charge in [0.15, 0.2) is 0 Å². The SMILES string of the molecule is [Li][C]1(C)C=Cc2cc3c(cc21)CCC3. The molecule has 0 nitrogen and oxygen atoms in total. The van der Waals surface area contributed by atoms with E-state index in [1.165, 1.54) is 30.4 Å². The molecule has 0 aromatic heterocycles. The van der Waals surface area contributed by atoms with E-state index < -0.39 is 0 Å². The second-order valence-electron chi connectivity index (χ2n) is 5.12. The van der Waals surface area contributed by atoms with Gasteiger partial charge in [-0.15, -0.1) is 0 Å². The van der Waals surface area contributed by atoms with Gasteiger partial charge in [-0.05, 0) is 0 Å². The first-order valence-electron chi connectivity index (χ1n) is 5.52. The molecule has 1 heteroatoms. The fourth-order valence-electron chi connectivity index (χ4n) is 2.73. The van der Waals surface area contributed by atoms with E-state index in [1.54, 1.807) is 11.1 Å². The van der Waals surface area contributed by atoms with Crippen LogP contribution in [0, 0.1) is 0 Å². The zero-order valence-corrected chi connectivity index (χ0v) is 8.93. The van der Waals surface area contributed by atoms with Crippen molar-refractivity contribution in [2.75, 3.05) is 0 Å². The number of hydrogen-bond acceptors (Lipinski definition) is 0. The number of allylic oxidation sites excluding steroid dienone is 1. The number of hydrogen-bond donors (Lipinski definition) is 0. The van der Waals surface area contributed by atoms with E-state index in [0.717, 1.165) is 0 Å². The van der Waals surface area contributed by atoms with Crippen LogP contribution in [-0.4, -0.2) is 17.7 Å². The van der Waals surface area contributed by atoms with Crippen LogP contribution < -0.4 is 0 Å². The Balaban J connectivity index is 2.22. The molecule has 3 rings (SSSR count). The van der Waals surface area contributed by atoms with Crippen molar-refractivity contribution in [3.05, 3.63) is 40.5 Å². The fourth-order valence-corrected chi connectivity index (χ4v) is 2.73. The molecule has 0 aliphatic heterocycles. The van der Waals surface area contributed by atoms with Gasteiger partial charge in [0.2, 0.25) is 0 Å². The molecule has 0 bridgehead atoms. The second kappa shape index (κ2) is 2.78. The average Bonchev–Trinajstić information content (AvgIpc) is 2.69. The van der Waals surface area contributed by atoms with Crippen LogP contribution in [0.1, 0.15) is 35.6 Å². The van der Waals surface area contributed by atoms with Crippen molar-refractivity contribution in [1.29, 1.82) is 0 Å². The van der Waals surface area contributed by atoms with E-state index in [-0.39, 0.29) is 4.09 Å². The van der Waals surface area contributed by atoms with Crippen molar-refractivity contribution in [3.8, 4) is 0 Å². The molecule has 0 saturated carbocycles. The van der Waals surface area contributed by atoms with Crippen molar-refractivity contribution in [3.63, 3.8) is 0 Å². The Hall–Kier alpha value is -0.443. The molecule has 0 saturated heterocycles. The summed E-state index contributed by atoms with van der Waals surface area (Å²) >= 11 is 2.30. The predicted octanol–water partition coefficient (Wildman–Crippen LogP) is 2.59. The molecule has 0 N–H and O–H groups in total. The summed E-state index contributed by atoms with van der Waals surface area (Å²) in [5.41, 5.74) is 6.17. The fraction of sp³-hybridized carbons (Fsp3) is 0.385. The molecule has 2 aliphatic rings. The summed E-state index contributed by atoms with van der Waals surface area (Å²) in [4.78, 5) is 0. The Morgan fingerprint density at radius 1 is 1.21 bits per heavy atom. The maximum absolute atomic E-state index is 2.44. The Labute approximate surface area is 94.6 Å². The molecule has 0 heterocycles. The van der Waals surface area contributed by atoms with Crippen molar-refractivity contribution in [1.82, 2.24) is 0 Å². The molecular weight excluding hydrogens is 163 g/mol. The number of rotatable bonds is 0. The maximum atomic E-state index is 2.44. The van der Waals surface area contributed by atoms with Crippen LogP contribution in [0.25, 0.3) is 6.08 Å². The van der Waals surface area contributed by atoms with Crippen LogP contribution in [0.3, 0.4) is 0 Å². The molecular formula is C13H13Li. The van der Waals surface area contributed by atoms with E-state index in [1.807, 2.05) is 0 Å². The van der Waals surface area contributed by atoms with Gasteiger partial charge in [-0.3, -0.25) is 0 Å². The van der Waals surface area contributed by atoms with Crippen LogP contribution in [0.15, 0.2) is 18.2 Å². The van der Waals surface area contributed by atoms with E-state index in [4.69, 9.17) is 0 Å². The number of fused-ring (bicyclic) bond motifs is 2. The van der Waals surface area contributed by atoms with E-state index in [0.29, 0.717) is 0 Å². The third-order valence-electron chi connectivity index (χ3n) is 3.64. The topological polar surface area (TPSA) is 0 Å². The van der Waals surface area contributed by atoms with Crippen LogP contribution in [-0.2, 0) is 16.9 Å². The van der Waals surface area contributed by atoms with Gasteiger partial charge in [-0.2, -0.15) is 0 Å². The molecule has 0 radical (unpaired) electrons. The monoisotopic (exact) mass is 176 g/mol. The molecule has 1 unspecified atom stereocenters. The van der Waals surface area contributed by atoms with Crippen LogP contribution in [0.5, 0.6) is 0 Å². The summed E-state index contributed by atoms with van der Waals surface area (Å²) in [7, 11) is 0. The van der Waals surface area contributed by atoms with Gasteiger partial charge in [0, 0.05) is 0 Å². The Morgan fingerprint density at radius 2 is 1.93 bits per heavy atom. The first-order chi connectivity index (χ1) is 6.67. The normalized spacial score (nSPS) is 27.9. The van der Waals surface area contributed by atoms with Crippen LogP contribution in [0.4, 0.5) is 0 Å². The second-order valence-corrected chi connectivity index (χ2v) is 5.12. The number of benzene rings is 1. The summed E-state index contributed by atoms with van der Waals surface area (Å²) in [6, 6.07) is 4.85. The molecule has 1 atom stereocenters. The quantitative estimate of drug-likeness (QED) is 0.533. The zero-order chi connectivity index (χ0) is 9.76. The Kier molecular flexibility index (Phi) is 1.75. The summed E-state index contributed by atoms with van der Waals surface area (Å²) in [6.07, 6.45) is 8.54. The average molecular weight is 176 g/mol. The molecule has 0 spiro atoms. The van der Waals surface area contributed by atoms with Gasteiger partial charge in [0.25, 0.3) is 0 Å². The van der Waals surface area contributed by atoms with E-state index >= 15 is 0 Å². The molecule has 0 fully saturated rings. The van der Waals surface area contributed by atoms with Gasteiger partial charge < -0.3 is 0 Å². The molecule has 1 aromatic carbocycles. The third-order valence-corrected chi connectivity index (χ3v) is 3.64. The van der Waals surface area contributed by atoms with Crippen molar-refractivity contribution in [2.45, 2.75) is 30.3 Å². The van der Waals surface area contributed by atoms with Gasteiger partial charge in [0.05, 0.1) is 0 Å². The van der Waals surface area contributed by atoms with Crippen molar-refractivity contribution >= 4 is 23.8 Å². The summed E-state index contributed by atoms with van der Waals surface area (Å²) in [5.74, 6) is 0. The molecule has 14 heavy (non-hydrogen) atoms. The Bertz CT molecular complexity index is 427. The van der Waals surface area contributed by atoms with Crippen molar-refractivity contribution in [2.24, 2.45) is 0 Å². The standard InChI is InChI=1S/C13H13.Li/c1-9-5-6-12-7-10-3-2-4-11(10)8-13(9)12;/h5-8H,2-4H2,1H3;. The van der Waals surface area contributed by atoms with Gasteiger partial charge in [0.1, 0.15) is 0 Å². The zero-order valence-electron chi connectivity index (χ0n) is 8.93. The molecule has 1 aromatic rings. The van der Waals surface area contributed by atoms with Crippen LogP contribution in [0.2, 0.25) is 0 Å². The summed E-state index contributed by atoms with van der Waals surface area (Å²) in [5, 5.41) is 0. The first-order valence-corrected chi connectivity index (χ1v) is 5.52. The summed E-state index contributed by atoms with van der Waals surface area (Å²) < 4.78 is 0.257.